The fraction of sp³-hybridized carbons (Fsp3) is 0.286. The van der Waals surface area contributed by atoms with Gasteiger partial charge >= 0.3 is 0 Å². The fourth-order valence-electron chi connectivity index (χ4n) is 2.15. The summed E-state index contributed by atoms with van der Waals surface area (Å²) in [6, 6.07) is 9.32. The van der Waals surface area contributed by atoms with Crippen LogP contribution in [0.15, 0.2) is 36.5 Å². The number of aromatic nitrogens is 1. The zero-order valence-electron chi connectivity index (χ0n) is 11.1. The number of anilines is 1. The minimum Gasteiger partial charge on any atom is -0.315 e. The lowest BCUT2D eigenvalue weighted by atomic mass is 10.2. The Balaban J connectivity index is 0.00000161. The normalized spacial score (nSPS) is 20.8. The van der Waals surface area contributed by atoms with Crippen molar-refractivity contribution >= 4 is 34.7 Å². The van der Waals surface area contributed by atoms with Gasteiger partial charge in [-0.05, 0) is 0 Å². The molecule has 3 rings (SSSR count). The molecule has 7 heteroatoms. The molecule has 1 saturated heterocycles. The molecule has 0 unspecified atom stereocenters. The van der Waals surface area contributed by atoms with Crippen molar-refractivity contribution in [2.45, 2.75) is 18.6 Å². The van der Waals surface area contributed by atoms with Crippen molar-refractivity contribution in [3.63, 3.8) is 0 Å². The summed E-state index contributed by atoms with van der Waals surface area (Å²) in [6.07, 6.45) is 0.926. The van der Waals surface area contributed by atoms with Crippen molar-refractivity contribution in [1.82, 2.24) is 10.3 Å². The van der Waals surface area contributed by atoms with E-state index >= 15 is 0 Å². The van der Waals surface area contributed by atoms with E-state index in [1.54, 1.807) is 6.20 Å². The largest absolute Gasteiger partial charge is 0.315 e. The lowest BCUT2D eigenvalue weighted by molar-refractivity contribution is -0.117. The van der Waals surface area contributed by atoms with Crippen LogP contribution in [0.1, 0.15) is 6.42 Å². The third-order valence-electron chi connectivity index (χ3n) is 3.17. The zero-order valence-corrected chi connectivity index (χ0v) is 12.7. The first-order valence-corrected chi connectivity index (χ1v) is 7.23. The molecule has 1 aliphatic rings. The lowest BCUT2D eigenvalue weighted by Gasteiger charge is -2.08. The number of rotatable bonds is 3. The van der Waals surface area contributed by atoms with Gasteiger partial charge in [-0.15, -0.1) is 12.4 Å². The Morgan fingerprint density at radius 3 is 2.81 bits per heavy atom. The van der Waals surface area contributed by atoms with Gasteiger partial charge in [0, 0.05) is 18.5 Å². The summed E-state index contributed by atoms with van der Waals surface area (Å²) in [5.74, 6) is -0.201. The number of carbonyl (C=O) groups excluding carboxylic acids is 1. The molecule has 0 bridgehead atoms. The predicted molar refractivity (Wildman–Crippen MR) is 84.7 cm³/mol. The summed E-state index contributed by atoms with van der Waals surface area (Å²) in [5.41, 5.74) is 1.01. The molecule has 1 aromatic carbocycles. The number of hydrogen-bond donors (Lipinski definition) is 2. The van der Waals surface area contributed by atoms with Crippen LogP contribution in [0.25, 0.3) is 10.6 Å². The number of alkyl halides is 1. The lowest BCUT2D eigenvalue weighted by Crippen LogP contribution is -2.35. The number of halogens is 2. The summed E-state index contributed by atoms with van der Waals surface area (Å²) in [5, 5.41) is 7.17. The molecule has 0 saturated carbocycles. The molecule has 2 aromatic rings. The van der Waals surface area contributed by atoms with Crippen LogP contribution in [0.5, 0.6) is 0 Å². The number of benzene rings is 1. The third kappa shape index (κ3) is 3.78. The van der Waals surface area contributed by atoms with Gasteiger partial charge in [-0.25, -0.2) is 9.37 Å². The quantitative estimate of drug-likeness (QED) is 0.911. The molecule has 2 heterocycles. The Morgan fingerprint density at radius 1 is 1.38 bits per heavy atom. The van der Waals surface area contributed by atoms with Crippen LogP contribution in [0.4, 0.5) is 9.39 Å². The maximum atomic E-state index is 13.0. The van der Waals surface area contributed by atoms with Crippen molar-refractivity contribution in [1.29, 1.82) is 0 Å². The molecule has 4 nitrogen and oxygen atoms in total. The highest BCUT2D eigenvalue weighted by molar-refractivity contribution is 7.19. The predicted octanol–water partition coefficient (Wildman–Crippen LogP) is 2.87. The van der Waals surface area contributed by atoms with E-state index in [0.717, 1.165) is 10.6 Å². The van der Waals surface area contributed by atoms with Crippen LogP contribution in [0.2, 0.25) is 0 Å². The van der Waals surface area contributed by atoms with Crippen LogP contribution in [-0.4, -0.2) is 29.6 Å². The minimum atomic E-state index is -0.938. The molecule has 0 radical (unpaired) electrons. The maximum absolute atomic E-state index is 13.0. The molecule has 1 aliphatic heterocycles. The van der Waals surface area contributed by atoms with Crippen molar-refractivity contribution in [3.8, 4) is 10.6 Å². The Morgan fingerprint density at radius 2 is 2.14 bits per heavy atom. The molecule has 112 valence electrons. The molecule has 1 aromatic heterocycles. The first-order valence-electron chi connectivity index (χ1n) is 6.42. The van der Waals surface area contributed by atoms with Gasteiger partial charge in [0.2, 0.25) is 5.91 Å². The average molecular weight is 328 g/mol. The van der Waals surface area contributed by atoms with E-state index in [4.69, 9.17) is 0 Å². The molecule has 0 spiro atoms. The van der Waals surface area contributed by atoms with Crippen LogP contribution >= 0.6 is 23.7 Å². The number of nitrogens with zero attached hydrogens (tertiary/aromatic N) is 1. The smallest absolute Gasteiger partial charge is 0.242 e. The van der Waals surface area contributed by atoms with Crippen molar-refractivity contribution in [2.75, 3.05) is 11.9 Å². The monoisotopic (exact) mass is 327 g/mol. The minimum absolute atomic E-state index is 0. The Hall–Kier alpha value is -1.50. The van der Waals surface area contributed by atoms with Gasteiger partial charge in [-0.3, -0.25) is 4.79 Å². The highest BCUT2D eigenvalue weighted by atomic mass is 35.5. The van der Waals surface area contributed by atoms with Gasteiger partial charge in [-0.2, -0.15) is 0 Å². The highest BCUT2D eigenvalue weighted by Gasteiger charge is 2.29. The van der Waals surface area contributed by atoms with Crippen LogP contribution in [-0.2, 0) is 4.79 Å². The summed E-state index contributed by atoms with van der Waals surface area (Å²) in [6.45, 7) is 0.246. The Bertz CT molecular complexity index is 607. The standard InChI is InChI=1S/C14H14FN3OS.ClH/c15-10-6-11(16-7-10)13(19)18-12-8-17-14(20-12)9-4-2-1-3-5-9;/h1-5,8,10-11,16H,6-7H2,(H,18,19);1H/t10-,11+;/m0./s1. The summed E-state index contributed by atoms with van der Waals surface area (Å²) in [7, 11) is 0. The molecule has 21 heavy (non-hydrogen) atoms. The van der Waals surface area contributed by atoms with Gasteiger partial charge in [0.1, 0.15) is 16.2 Å². The van der Waals surface area contributed by atoms with Gasteiger partial charge in [-0.1, -0.05) is 41.7 Å². The molecule has 2 N–H and O–H groups in total. The highest BCUT2D eigenvalue weighted by Crippen LogP contribution is 2.28. The molecule has 1 amide bonds. The summed E-state index contributed by atoms with van der Waals surface area (Å²) >= 11 is 1.41. The van der Waals surface area contributed by atoms with E-state index in [1.807, 2.05) is 30.3 Å². The second kappa shape index (κ2) is 6.98. The second-order valence-electron chi connectivity index (χ2n) is 4.68. The summed E-state index contributed by atoms with van der Waals surface area (Å²) in [4.78, 5) is 16.2. The van der Waals surface area contributed by atoms with E-state index < -0.39 is 12.2 Å². The van der Waals surface area contributed by atoms with Crippen molar-refractivity contribution in [3.05, 3.63) is 36.5 Å². The van der Waals surface area contributed by atoms with Crippen LogP contribution in [0, 0.1) is 0 Å². The number of nitrogens with one attached hydrogen (secondary N) is 2. The average Bonchev–Trinajstić information content (AvgIpc) is 3.09. The van der Waals surface area contributed by atoms with Gasteiger partial charge in [0.15, 0.2) is 0 Å². The SMILES string of the molecule is Cl.O=C(Nc1cnc(-c2ccccc2)s1)[C@H]1C[C@H](F)CN1. The topological polar surface area (TPSA) is 54.0 Å². The molecular formula is C14H15ClFN3OS. The van der Waals surface area contributed by atoms with E-state index in [1.165, 1.54) is 11.3 Å². The zero-order chi connectivity index (χ0) is 13.9. The third-order valence-corrected chi connectivity index (χ3v) is 4.13. The van der Waals surface area contributed by atoms with E-state index in [-0.39, 0.29) is 31.3 Å². The number of hydrogen-bond acceptors (Lipinski definition) is 4. The first-order chi connectivity index (χ1) is 9.72. The van der Waals surface area contributed by atoms with E-state index in [9.17, 15) is 9.18 Å². The van der Waals surface area contributed by atoms with Crippen LogP contribution < -0.4 is 10.6 Å². The Labute approximate surface area is 132 Å². The molecular weight excluding hydrogens is 313 g/mol. The van der Waals surface area contributed by atoms with Crippen molar-refractivity contribution < 1.29 is 9.18 Å². The van der Waals surface area contributed by atoms with Gasteiger partial charge < -0.3 is 10.6 Å². The number of amides is 1. The molecule has 0 aliphatic carbocycles. The first kappa shape index (κ1) is 15.9. The van der Waals surface area contributed by atoms with Gasteiger partial charge in [0.25, 0.3) is 0 Å². The van der Waals surface area contributed by atoms with Crippen LogP contribution in [0.3, 0.4) is 0 Å². The fourth-order valence-corrected chi connectivity index (χ4v) is 2.97. The van der Waals surface area contributed by atoms with E-state index in [2.05, 4.69) is 15.6 Å². The second-order valence-corrected chi connectivity index (χ2v) is 5.71. The van der Waals surface area contributed by atoms with Gasteiger partial charge in [0.05, 0.1) is 12.2 Å². The number of carbonyl (C=O) groups is 1. The Kier molecular flexibility index (Phi) is 5.27. The number of thiazole rings is 1. The maximum Gasteiger partial charge on any atom is 0.242 e. The molecule has 1 fully saturated rings. The van der Waals surface area contributed by atoms with Crippen molar-refractivity contribution in [2.24, 2.45) is 0 Å². The van der Waals surface area contributed by atoms with E-state index in [0.29, 0.717) is 5.00 Å². The molecule has 2 atom stereocenters. The summed E-state index contributed by atoms with van der Waals surface area (Å²) < 4.78 is 13.0.